The number of ether oxygens (including phenoxy) is 1. The first kappa shape index (κ1) is 26.2. The molecule has 1 saturated carbocycles. The molecule has 0 amide bonds. The molecule has 0 aliphatic heterocycles. The van der Waals surface area contributed by atoms with Crippen LogP contribution in [0, 0.1) is 5.92 Å². The minimum Gasteiger partial charge on any atom is -0.477 e. The van der Waals surface area contributed by atoms with Crippen molar-refractivity contribution in [3.63, 3.8) is 0 Å². The first-order valence-corrected chi connectivity index (χ1v) is 13.4. The van der Waals surface area contributed by atoms with Crippen LogP contribution >= 0.6 is 11.6 Å². The molecule has 4 aromatic rings. The van der Waals surface area contributed by atoms with Crippen LogP contribution in [-0.2, 0) is 13.1 Å². The van der Waals surface area contributed by atoms with E-state index in [4.69, 9.17) is 21.3 Å². The molecule has 3 aromatic heterocycles. The molecule has 1 aliphatic carbocycles. The van der Waals surface area contributed by atoms with E-state index in [1.807, 2.05) is 42.7 Å². The average Bonchev–Trinajstić information content (AvgIpc) is 3.64. The fraction of sp³-hybridized carbons (Fsp3) is 0.429. The number of hydrogen-bond acceptors (Lipinski definition) is 6. The van der Waals surface area contributed by atoms with Gasteiger partial charge in [0.15, 0.2) is 11.2 Å². The molecule has 1 atom stereocenters. The number of rotatable bonds is 10. The molecule has 3 heterocycles. The van der Waals surface area contributed by atoms with Crippen molar-refractivity contribution in [2.75, 3.05) is 6.61 Å². The topological polar surface area (TPSA) is 104 Å². The van der Waals surface area contributed by atoms with Crippen LogP contribution in [0.3, 0.4) is 0 Å². The van der Waals surface area contributed by atoms with Gasteiger partial charge in [-0.05, 0) is 75.8 Å². The van der Waals surface area contributed by atoms with Crippen LogP contribution in [0.15, 0.2) is 52.2 Å². The Morgan fingerprint density at radius 1 is 1.11 bits per heavy atom. The van der Waals surface area contributed by atoms with Crippen molar-refractivity contribution in [2.45, 2.75) is 65.3 Å². The second-order valence-corrected chi connectivity index (χ2v) is 10.7. The van der Waals surface area contributed by atoms with Crippen molar-refractivity contribution in [2.24, 2.45) is 5.92 Å². The van der Waals surface area contributed by atoms with Crippen molar-refractivity contribution in [3.8, 4) is 17.3 Å². The Bertz CT molecular complexity index is 1570. The van der Waals surface area contributed by atoms with E-state index in [0.717, 1.165) is 18.4 Å². The molecule has 200 valence electrons. The van der Waals surface area contributed by atoms with E-state index in [1.54, 1.807) is 29.8 Å². The molecule has 9 nitrogen and oxygen atoms in total. The van der Waals surface area contributed by atoms with E-state index in [-0.39, 0.29) is 19.0 Å². The fourth-order valence-corrected chi connectivity index (χ4v) is 4.65. The SMILES string of the molecule is CC(O)CCn1c(=O)c2c(nc(-c3cccnc3OCC3CC3)n2Cc2ccc(Cl)cc2)n(C(C)C)c1=O. The molecule has 1 fully saturated rings. The number of aliphatic hydroxyl groups excluding tert-OH is 1. The van der Waals surface area contributed by atoms with Crippen molar-refractivity contribution in [1.82, 2.24) is 23.7 Å². The number of imidazole rings is 1. The monoisotopic (exact) mass is 537 g/mol. The molecule has 1 unspecified atom stereocenters. The van der Waals surface area contributed by atoms with E-state index in [2.05, 4.69) is 4.98 Å². The first-order valence-electron chi connectivity index (χ1n) is 13.0. The summed E-state index contributed by atoms with van der Waals surface area (Å²) in [5.74, 6) is 1.47. The molecular formula is C28H32ClN5O4. The summed E-state index contributed by atoms with van der Waals surface area (Å²) in [6, 6.07) is 10.8. The van der Waals surface area contributed by atoms with E-state index in [0.29, 0.717) is 52.5 Å². The van der Waals surface area contributed by atoms with Crippen molar-refractivity contribution in [1.29, 1.82) is 0 Å². The molecule has 0 spiro atoms. The number of nitrogens with zero attached hydrogens (tertiary/aromatic N) is 5. The number of aliphatic hydroxyl groups is 1. The lowest BCUT2D eigenvalue weighted by Gasteiger charge is -2.16. The van der Waals surface area contributed by atoms with Gasteiger partial charge in [0.1, 0.15) is 5.82 Å². The first-order chi connectivity index (χ1) is 18.2. The number of pyridine rings is 1. The Kier molecular flexibility index (Phi) is 7.40. The molecule has 0 bridgehead atoms. The smallest absolute Gasteiger partial charge is 0.332 e. The standard InChI is InChI=1S/C28H32ClN5O4/c1-17(2)34-25-23(27(36)32(28(34)37)14-12-18(3)35)33(15-19-8-10-21(29)11-9-19)24(31-25)22-5-4-13-30-26(22)38-16-20-6-7-20/h4-5,8-11,13,17-18,20,35H,6-7,12,14-16H2,1-3H3. The van der Waals surface area contributed by atoms with Gasteiger partial charge in [0.05, 0.1) is 18.3 Å². The lowest BCUT2D eigenvalue weighted by Crippen LogP contribution is -2.41. The maximum absolute atomic E-state index is 13.9. The van der Waals surface area contributed by atoms with Gasteiger partial charge >= 0.3 is 5.69 Å². The van der Waals surface area contributed by atoms with Gasteiger partial charge in [0.2, 0.25) is 5.88 Å². The second kappa shape index (κ2) is 10.7. The lowest BCUT2D eigenvalue weighted by molar-refractivity contribution is 0.176. The highest BCUT2D eigenvalue weighted by Crippen LogP contribution is 2.34. The number of aromatic nitrogens is 5. The number of hydrogen-bond donors (Lipinski definition) is 1. The van der Waals surface area contributed by atoms with Gasteiger partial charge in [-0.2, -0.15) is 0 Å². The predicted octanol–water partition coefficient (Wildman–Crippen LogP) is 4.26. The van der Waals surface area contributed by atoms with Crippen LogP contribution in [0.25, 0.3) is 22.6 Å². The van der Waals surface area contributed by atoms with Crippen LogP contribution < -0.4 is 16.0 Å². The summed E-state index contributed by atoms with van der Waals surface area (Å²) in [4.78, 5) is 36.8. The number of benzene rings is 1. The van der Waals surface area contributed by atoms with Gasteiger partial charge in [-0.1, -0.05) is 23.7 Å². The fourth-order valence-electron chi connectivity index (χ4n) is 4.52. The van der Waals surface area contributed by atoms with Crippen LogP contribution in [-0.4, -0.2) is 41.5 Å². The van der Waals surface area contributed by atoms with Gasteiger partial charge in [0.25, 0.3) is 5.56 Å². The third kappa shape index (κ3) is 5.26. The molecule has 0 saturated heterocycles. The highest BCUT2D eigenvalue weighted by molar-refractivity contribution is 6.30. The Morgan fingerprint density at radius 3 is 2.50 bits per heavy atom. The Balaban J connectivity index is 1.77. The van der Waals surface area contributed by atoms with E-state index in [1.165, 1.54) is 4.57 Å². The zero-order valence-corrected chi connectivity index (χ0v) is 22.6. The van der Waals surface area contributed by atoms with Crippen LogP contribution in [0.4, 0.5) is 0 Å². The van der Waals surface area contributed by atoms with Crippen LogP contribution in [0.5, 0.6) is 5.88 Å². The van der Waals surface area contributed by atoms with Gasteiger partial charge in [-0.15, -0.1) is 0 Å². The largest absolute Gasteiger partial charge is 0.477 e. The summed E-state index contributed by atoms with van der Waals surface area (Å²) < 4.78 is 10.7. The molecule has 38 heavy (non-hydrogen) atoms. The maximum atomic E-state index is 13.9. The van der Waals surface area contributed by atoms with Gasteiger partial charge in [-0.25, -0.2) is 14.8 Å². The normalized spacial score (nSPS) is 14.4. The van der Waals surface area contributed by atoms with Gasteiger partial charge in [-0.3, -0.25) is 13.9 Å². The summed E-state index contributed by atoms with van der Waals surface area (Å²) >= 11 is 6.13. The summed E-state index contributed by atoms with van der Waals surface area (Å²) in [6.07, 6.45) is 3.58. The molecule has 0 radical (unpaired) electrons. The van der Waals surface area contributed by atoms with E-state index in [9.17, 15) is 14.7 Å². The van der Waals surface area contributed by atoms with Crippen molar-refractivity contribution >= 4 is 22.8 Å². The quantitative estimate of drug-likeness (QED) is 0.324. The Morgan fingerprint density at radius 2 is 1.84 bits per heavy atom. The summed E-state index contributed by atoms with van der Waals surface area (Å²) in [7, 11) is 0. The van der Waals surface area contributed by atoms with Gasteiger partial charge < -0.3 is 14.4 Å². The molecule has 5 rings (SSSR count). The molecule has 10 heteroatoms. The predicted molar refractivity (Wildman–Crippen MR) is 147 cm³/mol. The molecule has 1 aromatic carbocycles. The van der Waals surface area contributed by atoms with Crippen LogP contribution in [0.2, 0.25) is 5.02 Å². The zero-order chi connectivity index (χ0) is 27.0. The summed E-state index contributed by atoms with van der Waals surface area (Å²) in [6.45, 7) is 6.40. The summed E-state index contributed by atoms with van der Waals surface area (Å²) in [5.41, 5.74) is 1.29. The van der Waals surface area contributed by atoms with Crippen molar-refractivity contribution < 1.29 is 9.84 Å². The molecule has 1 aliphatic rings. The highest BCUT2D eigenvalue weighted by Gasteiger charge is 2.27. The third-order valence-corrected chi connectivity index (χ3v) is 7.02. The minimum absolute atomic E-state index is 0.0993. The van der Waals surface area contributed by atoms with E-state index < -0.39 is 17.4 Å². The zero-order valence-electron chi connectivity index (χ0n) is 21.8. The van der Waals surface area contributed by atoms with Gasteiger partial charge in [0, 0.05) is 30.4 Å². The van der Waals surface area contributed by atoms with Crippen molar-refractivity contribution in [3.05, 3.63) is 74.0 Å². The summed E-state index contributed by atoms with van der Waals surface area (Å²) in [5, 5.41) is 10.5. The molecule has 1 N–H and O–H groups in total. The molecular weight excluding hydrogens is 506 g/mol. The van der Waals surface area contributed by atoms with E-state index >= 15 is 0 Å². The number of halogens is 1. The minimum atomic E-state index is -0.652. The Labute approximate surface area is 225 Å². The van der Waals surface area contributed by atoms with Crippen LogP contribution in [0.1, 0.15) is 51.6 Å². The maximum Gasteiger partial charge on any atom is 0.332 e. The average molecular weight is 538 g/mol. The highest BCUT2D eigenvalue weighted by atomic mass is 35.5. The second-order valence-electron chi connectivity index (χ2n) is 10.3. The number of fused-ring (bicyclic) bond motifs is 1. The third-order valence-electron chi connectivity index (χ3n) is 6.77. The Hall–Kier alpha value is -3.43. The lowest BCUT2D eigenvalue weighted by atomic mass is 10.2.